The fourth-order valence-corrected chi connectivity index (χ4v) is 3.10. The Hall–Kier alpha value is -1.47. The quantitative estimate of drug-likeness (QED) is 0.792. The van der Waals surface area contributed by atoms with E-state index in [1.165, 1.54) is 0 Å². The van der Waals surface area contributed by atoms with Crippen molar-refractivity contribution >= 4 is 27.6 Å². The first kappa shape index (κ1) is 14.5. The molecular weight excluding hydrogens is 332 g/mol. The molecule has 21 heavy (non-hydrogen) atoms. The van der Waals surface area contributed by atoms with E-state index in [1.54, 1.807) is 7.05 Å². The minimum absolute atomic E-state index is 0.114. The molecule has 0 spiro atoms. The minimum atomic E-state index is 0.114. The second-order valence-electron chi connectivity index (χ2n) is 5.16. The summed E-state index contributed by atoms with van der Waals surface area (Å²) in [4.78, 5) is 7.10. The summed E-state index contributed by atoms with van der Waals surface area (Å²) in [5.74, 6) is 0.893. The highest BCUT2D eigenvalue weighted by Crippen LogP contribution is 2.37. The highest BCUT2D eigenvalue weighted by atomic mass is 79.9. The van der Waals surface area contributed by atoms with Crippen LogP contribution in [0.25, 0.3) is 0 Å². The first-order valence-corrected chi connectivity index (χ1v) is 7.93. The standard InChI is InChI=1S/C14H19BrN6/c1-10-12-9-11(15)3-4-13(12)18-14(21(10)19-16-2)20-7-5-17-6-8-20/h3-4,9-10,17H,5-8H2,1-2H3/b19-16-. The van der Waals surface area contributed by atoms with Gasteiger partial charge in [0.05, 0.1) is 18.8 Å². The molecule has 112 valence electrons. The summed E-state index contributed by atoms with van der Waals surface area (Å²) in [7, 11) is 1.69. The molecule has 1 atom stereocenters. The largest absolute Gasteiger partial charge is 0.338 e. The Morgan fingerprint density at radius 3 is 2.81 bits per heavy atom. The van der Waals surface area contributed by atoms with Gasteiger partial charge in [-0.05, 0) is 25.1 Å². The molecule has 0 radical (unpaired) electrons. The smallest absolute Gasteiger partial charge is 0.224 e. The molecule has 0 saturated carbocycles. The molecule has 7 heteroatoms. The third kappa shape index (κ3) is 2.80. The number of rotatable bonds is 1. The van der Waals surface area contributed by atoms with E-state index in [0.29, 0.717) is 0 Å². The lowest BCUT2D eigenvalue weighted by Gasteiger charge is -2.38. The molecule has 1 saturated heterocycles. The van der Waals surface area contributed by atoms with Crippen LogP contribution in [0.1, 0.15) is 18.5 Å². The van der Waals surface area contributed by atoms with E-state index >= 15 is 0 Å². The molecule has 0 aliphatic carbocycles. The second-order valence-corrected chi connectivity index (χ2v) is 6.08. The summed E-state index contributed by atoms with van der Waals surface area (Å²) in [6.07, 6.45) is 0. The third-order valence-electron chi connectivity index (χ3n) is 3.82. The number of guanidine groups is 1. The van der Waals surface area contributed by atoms with Gasteiger partial charge < -0.3 is 10.2 Å². The minimum Gasteiger partial charge on any atom is -0.338 e. The predicted octanol–water partition coefficient (Wildman–Crippen LogP) is 2.72. The van der Waals surface area contributed by atoms with Crippen molar-refractivity contribution in [2.75, 3.05) is 33.2 Å². The topological polar surface area (TPSA) is 55.6 Å². The maximum absolute atomic E-state index is 4.83. The van der Waals surface area contributed by atoms with Gasteiger partial charge in [-0.2, -0.15) is 5.11 Å². The summed E-state index contributed by atoms with van der Waals surface area (Å²) in [6, 6.07) is 6.31. The predicted molar refractivity (Wildman–Crippen MR) is 86.7 cm³/mol. The number of nitrogens with one attached hydrogen (secondary N) is 1. The average molecular weight is 351 g/mol. The average Bonchev–Trinajstić information content (AvgIpc) is 2.51. The summed E-state index contributed by atoms with van der Waals surface area (Å²) in [6.45, 7) is 5.95. The first-order chi connectivity index (χ1) is 10.2. The number of halogens is 1. The molecular formula is C14H19BrN6. The second kappa shape index (κ2) is 6.11. The van der Waals surface area contributed by atoms with Crippen molar-refractivity contribution in [2.24, 2.45) is 15.3 Å². The van der Waals surface area contributed by atoms with Crippen LogP contribution in [0.4, 0.5) is 5.69 Å². The molecule has 0 aromatic heterocycles. The van der Waals surface area contributed by atoms with Crippen LogP contribution in [0.2, 0.25) is 0 Å². The molecule has 3 rings (SSSR count). The molecule has 1 aromatic rings. The van der Waals surface area contributed by atoms with E-state index in [0.717, 1.165) is 47.9 Å². The molecule has 1 fully saturated rings. The number of nitrogens with zero attached hydrogens (tertiary/aromatic N) is 5. The highest BCUT2D eigenvalue weighted by molar-refractivity contribution is 9.10. The van der Waals surface area contributed by atoms with Crippen molar-refractivity contribution in [3.8, 4) is 0 Å². The van der Waals surface area contributed by atoms with E-state index in [1.807, 2.05) is 11.1 Å². The Morgan fingerprint density at radius 2 is 2.10 bits per heavy atom. The van der Waals surface area contributed by atoms with E-state index in [9.17, 15) is 0 Å². The SMILES string of the molecule is C/N=N\N1C(N2CCNCC2)=Nc2ccc(Br)cc2C1C. The zero-order valence-electron chi connectivity index (χ0n) is 12.3. The van der Waals surface area contributed by atoms with Crippen LogP contribution < -0.4 is 5.32 Å². The maximum Gasteiger partial charge on any atom is 0.224 e. The summed E-state index contributed by atoms with van der Waals surface area (Å²) >= 11 is 3.53. The number of hydrogen-bond acceptors (Lipinski definition) is 5. The Labute approximate surface area is 133 Å². The molecule has 1 N–H and O–H groups in total. The molecule has 1 unspecified atom stereocenters. The van der Waals surface area contributed by atoms with Crippen molar-refractivity contribution in [3.63, 3.8) is 0 Å². The third-order valence-corrected chi connectivity index (χ3v) is 4.31. The van der Waals surface area contributed by atoms with Crippen molar-refractivity contribution in [1.82, 2.24) is 15.2 Å². The lowest BCUT2D eigenvalue weighted by Crippen LogP contribution is -2.52. The van der Waals surface area contributed by atoms with Gasteiger partial charge >= 0.3 is 0 Å². The van der Waals surface area contributed by atoms with Gasteiger partial charge in [0.2, 0.25) is 5.96 Å². The van der Waals surface area contributed by atoms with Gasteiger partial charge in [0, 0.05) is 36.2 Å². The fraction of sp³-hybridized carbons (Fsp3) is 0.500. The fourth-order valence-electron chi connectivity index (χ4n) is 2.72. The summed E-state index contributed by atoms with van der Waals surface area (Å²) in [5.41, 5.74) is 2.18. The van der Waals surface area contributed by atoms with Gasteiger partial charge in [0.1, 0.15) is 0 Å². The zero-order valence-corrected chi connectivity index (χ0v) is 13.8. The summed E-state index contributed by atoms with van der Waals surface area (Å²) in [5, 5.41) is 13.5. The van der Waals surface area contributed by atoms with Gasteiger partial charge in [-0.25, -0.2) is 10.0 Å². The normalized spacial score (nSPS) is 22.4. The molecule has 6 nitrogen and oxygen atoms in total. The molecule has 0 bridgehead atoms. The van der Waals surface area contributed by atoms with Crippen molar-refractivity contribution in [3.05, 3.63) is 28.2 Å². The van der Waals surface area contributed by atoms with Crippen LogP contribution in [-0.2, 0) is 0 Å². The number of aliphatic imine (C=N–C) groups is 1. The monoisotopic (exact) mass is 350 g/mol. The van der Waals surface area contributed by atoms with Crippen LogP contribution in [0, 0.1) is 0 Å². The van der Waals surface area contributed by atoms with Crippen LogP contribution >= 0.6 is 15.9 Å². The summed E-state index contributed by atoms with van der Waals surface area (Å²) < 4.78 is 1.06. The maximum atomic E-state index is 4.83. The lowest BCUT2D eigenvalue weighted by atomic mass is 10.0. The van der Waals surface area contributed by atoms with Crippen LogP contribution in [0.15, 0.2) is 38.0 Å². The van der Waals surface area contributed by atoms with Crippen molar-refractivity contribution < 1.29 is 0 Å². The van der Waals surface area contributed by atoms with E-state index in [4.69, 9.17) is 4.99 Å². The Kier molecular flexibility index (Phi) is 4.21. The first-order valence-electron chi connectivity index (χ1n) is 7.13. The van der Waals surface area contributed by atoms with Crippen LogP contribution in [-0.4, -0.2) is 49.1 Å². The molecule has 2 aliphatic rings. The molecule has 1 aromatic carbocycles. The number of hydrogen-bond donors (Lipinski definition) is 1. The highest BCUT2D eigenvalue weighted by Gasteiger charge is 2.31. The van der Waals surface area contributed by atoms with Gasteiger partial charge in [-0.15, -0.1) is 0 Å². The Bertz CT molecular complexity index is 579. The van der Waals surface area contributed by atoms with Crippen molar-refractivity contribution in [2.45, 2.75) is 13.0 Å². The number of piperazine rings is 1. The van der Waals surface area contributed by atoms with E-state index in [2.05, 4.69) is 55.5 Å². The lowest BCUT2D eigenvalue weighted by molar-refractivity contribution is 0.247. The van der Waals surface area contributed by atoms with Crippen LogP contribution in [0.3, 0.4) is 0 Å². The van der Waals surface area contributed by atoms with Crippen LogP contribution in [0.5, 0.6) is 0 Å². The van der Waals surface area contributed by atoms with E-state index < -0.39 is 0 Å². The van der Waals surface area contributed by atoms with E-state index in [-0.39, 0.29) is 6.04 Å². The number of fused-ring (bicyclic) bond motifs is 1. The van der Waals surface area contributed by atoms with Crippen molar-refractivity contribution in [1.29, 1.82) is 0 Å². The molecule has 2 aliphatic heterocycles. The molecule has 0 amide bonds. The van der Waals surface area contributed by atoms with Gasteiger partial charge in [-0.1, -0.05) is 21.2 Å². The van der Waals surface area contributed by atoms with Gasteiger partial charge in [0.25, 0.3) is 0 Å². The Balaban J connectivity index is 2.03. The van der Waals surface area contributed by atoms with Gasteiger partial charge in [0.15, 0.2) is 0 Å². The Morgan fingerprint density at radius 1 is 1.33 bits per heavy atom. The molecule has 2 heterocycles. The zero-order chi connectivity index (χ0) is 14.8. The number of benzene rings is 1. The van der Waals surface area contributed by atoms with Gasteiger partial charge in [-0.3, -0.25) is 0 Å².